The van der Waals surface area contributed by atoms with Crippen molar-refractivity contribution in [3.8, 4) is 0 Å². The highest BCUT2D eigenvalue weighted by Gasteiger charge is 2.58. The molecule has 1 N–H and O–H groups in total. The molecule has 0 spiro atoms. The van der Waals surface area contributed by atoms with Crippen molar-refractivity contribution in [1.82, 2.24) is 5.32 Å². The van der Waals surface area contributed by atoms with E-state index in [2.05, 4.69) is 46.2 Å². The van der Waals surface area contributed by atoms with Crippen LogP contribution in [0.1, 0.15) is 47.0 Å². The Kier molecular flexibility index (Phi) is 3.02. The van der Waals surface area contributed by atoms with E-state index in [0.29, 0.717) is 16.9 Å². The molecular weight excluding hydrogens is 206 g/mol. The highest BCUT2D eigenvalue weighted by molar-refractivity contribution is 5.28. The lowest BCUT2D eigenvalue weighted by atomic mass is 9.72. The van der Waals surface area contributed by atoms with Crippen LogP contribution in [0.4, 0.5) is 0 Å². The summed E-state index contributed by atoms with van der Waals surface area (Å²) in [5, 5.41) is 3.68. The molecular formula is C16H27N. The lowest BCUT2D eigenvalue weighted by Crippen LogP contribution is -2.28. The number of hydrogen-bond donors (Lipinski definition) is 1. The normalized spacial score (nSPS) is 40.8. The molecule has 96 valence electrons. The fraction of sp³-hybridized carbons (Fsp3) is 0.750. The van der Waals surface area contributed by atoms with Gasteiger partial charge in [-0.25, -0.2) is 0 Å². The Balaban J connectivity index is 2.25. The van der Waals surface area contributed by atoms with E-state index in [9.17, 15) is 0 Å². The fourth-order valence-corrected chi connectivity index (χ4v) is 4.06. The summed E-state index contributed by atoms with van der Waals surface area (Å²) in [5.74, 6) is 0.721. The van der Waals surface area contributed by atoms with Crippen LogP contribution in [0.15, 0.2) is 24.3 Å². The van der Waals surface area contributed by atoms with E-state index in [-0.39, 0.29) is 0 Å². The number of hydrogen-bond acceptors (Lipinski definition) is 1. The first-order valence-corrected chi connectivity index (χ1v) is 6.84. The molecule has 1 aliphatic heterocycles. The van der Waals surface area contributed by atoms with Crippen molar-refractivity contribution in [2.45, 2.75) is 53.0 Å². The zero-order valence-corrected chi connectivity index (χ0v) is 11.9. The van der Waals surface area contributed by atoms with E-state index in [0.717, 1.165) is 18.9 Å². The molecule has 0 aromatic heterocycles. The lowest BCUT2D eigenvalue weighted by Gasteiger charge is -2.33. The molecule has 1 saturated heterocycles. The van der Waals surface area contributed by atoms with E-state index < -0.39 is 0 Å². The second-order valence-electron chi connectivity index (χ2n) is 7.15. The second kappa shape index (κ2) is 3.98. The van der Waals surface area contributed by atoms with E-state index in [4.69, 9.17) is 0 Å². The topological polar surface area (TPSA) is 12.0 Å². The monoisotopic (exact) mass is 233 g/mol. The summed E-state index contributed by atoms with van der Waals surface area (Å²) in [6, 6.07) is 0.639. The van der Waals surface area contributed by atoms with Gasteiger partial charge in [-0.1, -0.05) is 45.1 Å². The summed E-state index contributed by atoms with van der Waals surface area (Å²) in [7, 11) is 0. The van der Waals surface area contributed by atoms with Gasteiger partial charge in [-0.15, -0.1) is 0 Å². The smallest absolute Gasteiger partial charge is 0.0176 e. The minimum Gasteiger partial charge on any atom is -0.309 e. The highest BCUT2D eigenvalue weighted by atomic mass is 15.0. The van der Waals surface area contributed by atoms with Crippen molar-refractivity contribution < 1.29 is 0 Å². The quantitative estimate of drug-likeness (QED) is 0.677. The molecule has 0 bridgehead atoms. The average Bonchev–Trinajstić information content (AvgIpc) is 2.87. The van der Waals surface area contributed by atoms with Gasteiger partial charge in [-0.3, -0.25) is 0 Å². The van der Waals surface area contributed by atoms with E-state index in [1.165, 1.54) is 24.0 Å². The standard InChI is InChI=1S/C16H27N/c1-11(2)16-9-14(16)17-10-12(3)7-15(5,6)8-13(16)4/h13-14,17H,1,3,7-10H2,2,4-6H3. The Labute approximate surface area is 106 Å². The van der Waals surface area contributed by atoms with Crippen molar-refractivity contribution in [2.24, 2.45) is 16.7 Å². The van der Waals surface area contributed by atoms with Gasteiger partial charge in [0, 0.05) is 18.0 Å². The van der Waals surface area contributed by atoms with Crippen LogP contribution in [0.2, 0.25) is 0 Å². The predicted octanol–water partition coefficient (Wildman–Crippen LogP) is 3.92. The first kappa shape index (κ1) is 12.9. The van der Waals surface area contributed by atoms with E-state index in [1.54, 1.807) is 0 Å². The largest absolute Gasteiger partial charge is 0.309 e. The van der Waals surface area contributed by atoms with Crippen LogP contribution in [-0.4, -0.2) is 12.6 Å². The molecule has 1 heterocycles. The van der Waals surface area contributed by atoms with Crippen LogP contribution in [0, 0.1) is 16.7 Å². The molecule has 0 aromatic rings. The van der Waals surface area contributed by atoms with Crippen LogP contribution in [-0.2, 0) is 0 Å². The molecule has 1 saturated carbocycles. The average molecular weight is 233 g/mol. The molecule has 1 aliphatic carbocycles. The van der Waals surface area contributed by atoms with Gasteiger partial charge in [0.25, 0.3) is 0 Å². The Bertz CT molecular complexity index is 353. The van der Waals surface area contributed by atoms with Crippen LogP contribution in [0.5, 0.6) is 0 Å². The van der Waals surface area contributed by atoms with Gasteiger partial charge < -0.3 is 5.32 Å². The van der Waals surface area contributed by atoms with Gasteiger partial charge in [0.2, 0.25) is 0 Å². The number of nitrogens with one attached hydrogen (secondary N) is 1. The molecule has 1 nitrogen and oxygen atoms in total. The van der Waals surface area contributed by atoms with Gasteiger partial charge in [-0.05, 0) is 37.5 Å². The number of fused-ring (bicyclic) bond motifs is 1. The summed E-state index contributed by atoms with van der Waals surface area (Å²) in [6.45, 7) is 18.8. The Morgan fingerprint density at radius 3 is 2.59 bits per heavy atom. The maximum Gasteiger partial charge on any atom is 0.0176 e. The molecule has 2 rings (SSSR count). The SMILES string of the molecule is C=C1CNC2CC2(C(=C)C)C(C)CC(C)(C)C1. The molecule has 1 heteroatoms. The summed E-state index contributed by atoms with van der Waals surface area (Å²) < 4.78 is 0. The highest BCUT2D eigenvalue weighted by Crippen LogP contribution is 2.60. The molecule has 0 amide bonds. The fourth-order valence-electron chi connectivity index (χ4n) is 4.06. The van der Waals surface area contributed by atoms with Crippen LogP contribution in [0.25, 0.3) is 0 Å². The first-order valence-electron chi connectivity index (χ1n) is 6.84. The van der Waals surface area contributed by atoms with Crippen molar-refractivity contribution in [3.63, 3.8) is 0 Å². The minimum atomic E-state index is 0.363. The van der Waals surface area contributed by atoms with Gasteiger partial charge in [0.15, 0.2) is 0 Å². The summed E-state index contributed by atoms with van der Waals surface area (Å²) in [6.07, 6.45) is 3.69. The van der Waals surface area contributed by atoms with Crippen LogP contribution in [0.3, 0.4) is 0 Å². The minimum absolute atomic E-state index is 0.363. The van der Waals surface area contributed by atoms with Crippen molar-refractivity contribution in [1.29, 1.82) is 0 Å². The second-order valence-corrected chi connectivity index (χ2v) is 7.15. The van der Waals surface area contributed by atoms with Crippen LogP contribution >= 0.6 is 0 Å². The van der Waals surface area contributed by atoms with Crippen molar-refractivity contribution in [3.05, 3.63) is 24.3 Å². The van der Waals surface area contributed by atoms with Crippen molar-refractivity contribution in [2.75, 3.05) is 6.54 Å². The zero-order valence-electron chi connectivity index (χ0n) is 11.9. The molecule has 0 radical (unpaired) electrons. The Morgan fingerprint density at radius 2 is 2.00 bits per heavy atom. The van der Waals surface area contributed by atoms with E-state index in [1.807, 2.05) is 0 Å². The lowest BCUT2D eigenvalue weighted by molar-refractivity contribution is 0.224. The molecule has 0 aromatic carbocycles. The maximum atomic E-state index is 4.25. The van der Waals surface area contributed by atoms with Gasteiger partial charge in [0.05, 0.1) is 0 Å². The van der Waals surface area contributed by atoms with Crippen molar-refractivity contribution >= 4 is 0 Å². The predicted molar refractivity (Wildman–Crippen MR) is 75.0 cm³/mol. The zero-order chi connectivity index (χ0) is 12.8. The molecule has 2 aliphatic rings. The third kappa shape index (κ3) is 2.22. The summed E-state index contributed by atoms with van der Waals surface area (Å²) in [5.41, 5.74) is 3.46. The Morgan fingerprint density at radius 1 is 1.35 bits per heavy atom. The van der Waals surface area contributed by atoms with E-state index >= 15 is 0 Å². The molecule has 2 fully saturated rings. The molecule has 3 atom stereocenters. The number of rotatable bonds is 1. The third-order valence-electron chi connectivity index (χ3n) is 4.86. The molecule has 3 unspecified atom stereocenters. The van der Waals surface area contributed by atoms with Gasteiger partial charge >= 0.3 is 0 Å². The summed E-state index contributed by atoms with van der Waals surface area (Å²) in [4.78, 5) is 0. The Hall–Kier alpha value is -0.560. The first-order chi connectivity index (χ1) is 7.78. The van der Waals surface area contributed by atoms with Gasteiger partial charge in [0.1, 0.15) is 0 Å². The summed E-state index contributed by atoms with van der Waals surface area (Å²) >= 11 is 0. The van der Waals surface area contributed by atoms with Gasteiger partial charge in [-0.2, -0.15) is 0 Å². The third-order valence-corrected chi connectivity index (χ3v) is 4.86. The molecule has 17 heavy (non-hydrogen) atoms. The van der Waals surface area contributed by atoms with Crippen LogP contribution < -0.4 is 5.32 Å². The maximum absolute atomic E-state index is 4.25.